The zero-order valence-corrected chi connectivity index (χ0v) is 24.2. The number of ether oxygens (including phenoxy) is 3. The third-order valence-corrected chi connectivity index (χ3v) is 7.81. The van der Waals surface area contributed by atoms with Crippen molar-refractivity contribution in [2.75, 3.05) is 13.7 Å². The molecule has 2 aliphatic carbocycles. The standard InChI is InChI=1S/C27H29NO11.Na.H/c1-10-22(31)13(28)6-17(38-10)39-15-8-27(36,16(30)9-29)7-12-19(15)26(35)21-20(24(12)33)23(32)11-4-3-5-14(37-2)18(11)25(21)34;;/h3-5,10,13,15,17,22,29,31,33,35-36H,6-9,28H2,1-2H3;;/q;+1;-1/t10?,13?,15-,17?,22?,27-;;/m0../s1. The van der Waals surface area contributed by atoms with Gasteiger partial charge in [0.15, 0.2) is 17.9 Å². The van der Waals surface area contributed by atoms with Crippen molar-refractivity contribution in [1.29, 1.82) is 0 Å². The van der Waals surface area contributed by atoms with Gasteiger partial charge in [-0.25, -0.2) is 0 Å². The quantitative estimate of drug-likeness (QED) is 0.136. The number of carbonyl (C=O) groups is 3. The van der Waals surface area contributed by atoms with Gasteiger partial charge in [-0.3, -0.25) is 14.4 Å². The summed E-state index contributed by atoms with van der Waals surface area (Å²) in [5.41, 5.74) is 2.37. The van der Waals surface area contributed by atoms with E-state index in [1.165, 1.54) is 25.3 Å². The Morgan fingerprint density at radius 3 is 2.48 bits per heavy atom. The van der Waals surface area contributed by atoms with Crippen LogP contribution in [0.25, 0.3) is 0 Å². The predicted octanol–water partition coefficient (Wildman–Crippen LogP) is -2.88. The summed E-state index contributed by atoms with van der Waals surface area (Å²) in [5.74, 6) is -3.77. The topological polar surface area (TPSA) is 206 Å². The van der Waals surface area contributed by atoms with Crippen LogP contribution in [-0.2, 0) is 20.7 Å². The third-order valence-electron chi connectivity index (χ3n) is 7.81. The largest absolute Gasteiger partial charge is 1.00 e. The van der Waals surface area contributed by atoms with Crippen molar-refractivity contribution < 1.29 is 85.1 Å². The number of rotatable bonds is 5. The first kappa shape index (κ1) is 30.6. The van der Waals surface area contributed by atoms with Gasteiger partial charge in [-0.05, 0) is 13.0 Å². The number of fused-ring (bicyclic) bond motifs is 3. The minimum Gasteiger partial charge on any atom is -1.00 e. The van der Waals surface area contributed by atoms with Crippen molar-refractivity contribution in [3.63, 3.8) is 0 Å². The van der Waals surface area contributed by atoms with Crippen molar-refractivity contribution in [2.24, 2.45) is 5.73 Å². The smallest absolute Gasteiger partial charge is 1.00 e. The zero-order valence-electron chi connectivity index (χ0n) is 23.2. The maximum absolute atomic E-state index is 13.6. The Morgan fingerprint density at radius 2 is 1.85 bits per heavy atom. The van der Waals surface area contributed by atoms with Gasteiger partial charge >= 0.3 is 29.6 Å². The second-order valence-electron chi connectivity index (χ2n) is 10.2. The normalized spacial score (nSPS) is 29.1. The Morgan fingerprint density at radius 1 is 1.18 bits per heavy atom. The van der Waals surface area contributed by atoms with Crippen molar-refractivity contribution in [3.8, 4) is 17.2 Å². The number of phenolic OH excluding ortho intramolecular Hbond substituents is 2. The molecule has 6 atom stereocenters. The van der Waals surface area contributed by atoms with Crippen molar-refractivity contribution in [3.05, 3.63) is 51.6 Å². The summed E-state index contributed by atoms with van der Waals surface area (Å²) in [7, 11) is 1.32. The fourth-order valence-electron chi connectivity index (χ4n) is 5.75. The van der Waals surface area contributed by atoms with E-state index in [1.54, 1.807) is 6.92 Å². The minimum absolute atomic E-state index is 0. The number of ketones is 3. The molecule has 4 unspecified atom stereocenters. The molecule has 1 heterocycles. The SMILES string of the molecule is COc1cccc2c1C(=O)c1c(O)c3c(c(O)c1C2=O)C[C@@](O)(C(=O)CO)C[C@@H]3OC1CC(N)C(O)C(C)O1.[H-].[Na+]. The summed E-state index contributed by atoms with van der Waals surface area (Å²) in [6.45, 7) is 0.560. The molecule has 3 aliphatic rings. The van der Waals surface area contributed by atoms with Gasteiger partial charge in [0.05, 0.1) is 42.1 Å². The number of methoxy groups -OCH3 is 1. The van der Waals surface area contributed by atoms with Crippen LogP contribution < -0.4 is 40.0 Å². The molecule has 40 heavy (non-hydrogen) atoms. The van der Waals surface area contributed by atoms with Gasteiger partial charge in [0.2, 0.25) is 5.78 Å². The number of benzene rings is 2. The average molecular weight is 568 g/mol. The number of aromatic hydroxyl groups is 2. The van der Waals surface area contributed by atoms with E-state index < -0.39 is 95.7 Å². The summed E-state index contributed by atoms with van der Waals surface area (Å²) in [6.07, 6.45) is -5.12. The van der Waals surface area contributed by atoms with Gasteiger partial charge < -0.3 is 46.9 Å². The Kier molecular flexibility index (Phi) is 8.50. The molecule has 0 radical (unpaired) electrons. The Hall–Kier alpha value is -2.39. The first-order chi connectivity index (χ1) is 18.4. The number of phenols is 2. The Balaban J connectivity index is 0.00000231. The van der Waals surface area contributed by atoms with Crippen LogP contribution in [0.3, 0.4) is 0 Å². The van der Waals surface area contributed by atoms with E-state index in [4.69, 9.17) is 19.9 Å². The predicted molar refractivity (Wildman–Crippen MR) is 133 cm³/mol. The summed E-state index contributed by atoms with van der Waals surface area (Å²) in [5, 5.41) is 53.7. The van der Waals surface area contributed by atoms with Crippen LogP contribution in [-0.4, -0.2) is 86.7 Å². The number of aliphatic hydroxyl groups excluding tert-OH is 2. The van der Waals surface area contributed by atoms with E-state index >= 15 is 0 Å². The van der Waals surface area contributed by atoms with Gasteiger partial charge in [-0.1, -0.05) is 12.1 Å². The summed E-state index contributed by atoms with van der Waals surface area (Å²) in [4.78, 5) is 39.7. The van der Waals surface area contributed by atoms with Gasteiger partial charge in [-0.2, -0.15) is 0 Å². The van der Waals surface area contributed by atoms with Crippen molar-refractivity contribution in [2.45, 2.75) is 62.4 Å². The Labute approximate surface area is 252 Å². The molecule has 1 saturated heterocycles. The van der Waals surface area contributed by atoms with Crippen LogP contribution in [0.4, 0.5) is 0 Å². The number of hydrogen-bond donors (Lipinski definition) is 6. The molecule has 0 spiro atoms. The fourth-order valence-corrected chi connectivity index (χ4v) is 5.75. The van der Waals surface area contributed by atoms with Crippen LogP contribution in [0.1, 0.15) is 70.3 Å². The molecule has 12 nitrogen and oxygen atoms in total. The van der Waals surface area contributed by atoms with Crippen LogP contribution in [0.5, 0.6) is 17.2 Å². The summed E-state index contributed by atoms with van der Waals surface area (Å²) < 4.78 is 17.0. The van der Waals surface area contributed by atoms with E-state index in [-0.39, 0.29) is 65.4 Å². The number of Topliss-reactive ketones (excluding diaryl/α,β-unsaturated/α-hetero) is 1. The molecule has 2 aromatic carbocycles. The second kappa shape index (κ2) is 11.1. The molecule has 0 saturated carbocycles. The molecule has 210 valence electrons. The van der Waals surface area contributed by atoms with E-state index in [2.05, 4.69) is 0 Å². The molecule has 2 aromatic rings. The van der Waals surface area contributed by atoms with Crippen molar-refractivity contribution >= 4 is 17.3 Å². The fraction of sp³-hybridized carbons (Fsp3) is 0.444. The van der Waals surface area contributed by atoms with Gasteiger partial charge in [0.25, 0.3) is 0 Å². The van der Waals surface area contributed by atoms with Crippen LogP contribution in [0.2, 0.25) is 0 Å². The molecule has 1 aliphatic heterocycles. The average Bonchev–Trinajstić information content (AvgIpc) is 2.90. The zero-order chi connectivity index (χ0) is 28.4. The number of carbonyl (C=O) groups excluding carboxylic acids is 3. The molecule has 13 heteroatoms. The molecule has 7 N–H and O–H groups in total. The number of aliphatic hydroxyl groups is 3. The summed E-state index contributed by atoms with van der Waals surface area (Å²) in [6, 6.07) is 3.64. The van der Waals surface area contributed by atoms with E-state index in [9.17, 15) is 39.9 Å². The van der Waals surface area contributed by atoms with Crippen LogP contribution >= 0.6 is 0 Å². The molecule has 1 fully saturated rings. The van der Waals surface area contributed by atoms with E-state index in [0.29, 0.717) is 0 Å². The van der Waals surface area contributed by atoms with Gasteiger partial charge in [0.1, 0.15) is 29.5 Å². The number of nitrogens with two attached hydrogens (primary N) is 1. The minimum atomic E-state index is -2.24. The van der Waals surface area contributed by atoms with E-state index in [1.807, 2.05) is 0 Å². The first-order valence-corrected chi connectivity index (χ1v) is 12.4. The Bertz CT molecular complexity index is 1390. The molecular formula is C27H30NNaO11. The van der Waals surface area contributed by atoms with Crippen LogP contribution in [0.15, 0.2) is 18.2 Å². The van der Waals surface area contributed by atoms with E-state index in [0.717, 1.165) is 0 Å². The third kappa shape index (κ3) is 4.67. The summed E-state index contributed by atoms with van der Waals surface area (Å²) >= 11 is 0. The molecule has 5 rings (SSSR count). The molecule has 0 aromatic heterocycles. The van der Waals surface area contributed by atoms with Crippen LogP contribution in [0, 0.1) is 0 Å². The molecule has 0 amide bonds. The number of hydrogen-bond acceptors (Lipinski definition) is 12. The van der Waals surface area contributed by atoms with Crippen molar-refractivity contribution in [1.82, 2.24) is 0 Å². The van der Waals surface area contributed by atoms with Gasteiger partial charge in [0, 0.05) is 42.0 Å². The maximum atomic E-state index is 13.6. The van der Waals surface area contributed by atoms with Gasteiger partial charge in [-0.15, -0.1) is 0 Å². The second-order valence-corrected chi connectivity index (χ2v) is 10.2. The molecule has 0 bridgehead atoms. The first-order valence-electron chi connectivity index (χ1n) is 12.4. The monoisotopic (exact) mass is 567 g/mol. The maximum Gasteiger partial charge on any atom is 1.00 e. The molecular weight excluding hydrogens is 537 g/mol.